The lowest BCUT2D eigenvalue weighted by Crippen LogP contribution is -2.61. The molecule has 5 aliphatic carbocycles. The van der Waals surface area contributed by atoms with Crippen molar-refractivity contribution in [3.63, 3.8) is 0 Å². The van der Waals surface area contributed by atoms with Gasteiger partial charge in [-0.2, -0.15) is 0 Å². The summed E-state index contributed by atoms with van der Waals surface area (Å²) in [6, 6.07) is 0. The molecule has 0 unspecified atom stereocenters. The quantitative estimate of drug-likeness (QED) is 0.501. The Labute approximate surface area is 186 Å². The first-order chi connectivity index (χ1) is 14.5. The Morgan fingerprint density at radius 2 is 1.84 bits per heavy atom. The smallest absolute Gasteiger partial charge is 0.220 e. The second-order valence-corrected chi connectivity index (χ2v) is 11.7. The van der Waals surface area contributed by atoms with Gasteiger partial charge < -0.3 is 10.2 Å². The first-order valence-corrected chi connectivity index (χ1v) is 11.9. The third-order valence-corrected chi connectivity index (χ3v) is 10.6. The molecular weight excluding hydrogens is 384 g/mol. The molecule has 5 atom stereocenters. The van der Waals surface area contributed by atoms with Crippen LogP contribution in [0.3, 0.4) is 0 Å². The molecule has 0 amide bonds. The van der Waals surface area contributed by atoms with Crippen molar-refractivity contribution < 1.29 is 15.0 Å². The highest BCUT2D eigenvalue weighted by Crippen LogP contribution is 2.74. The summed E-state index contributed by atoms with van der Waals surface area (Å²) in [6.07, 6.45) is 13.4. The van der Waals surface area contributed by atoms with Gasteiger partial charge in [0.25, 0.3) is 0 Å². The molecule has 3 heteroatoms. The van der Waals surface area contributed by atoms with Gasteiger partial charge in [0.15, 0.2) is 5.76 Å². The van der Waals surface area contributed by atoms with Crippen molar-refractivity contribution >= 4 is 5.78 Å². The maximum atomic E-state index is 12.5. The Hall–Kier alpha value is -1.87. The number of aliphatic hydroxyl groups is 2. The molecule has 5 rings (SSSR count). The topological polar surface area (TPSA) is 57.5 Å². The Bertz CT molecular complexity index is 1020. The monoisotopic (exact) mass is 420 g/mol. The summed E-state index contributed by atoms with van der Waals surface area (Å²) in [5.74, 6) is 0.0547. The van der Waals surface area contributed by atoms with E-state index in [0.717, 1.165) is 56.1 Å². The van der Waals surface area contributed by atoms with E-state index in [2.05, 4.69) is 39.5 Å². The largest absolute Gasteiger partial charge is 0.504 e. The second-order valence-electron chi connectivity index (χ2n) is 11.7. The predicted molar refractivity (Wildman–Crippen MR) is 123 cm³/mol. The van der Waals surface area contributed by atoms with E-state index < -0.39 is 0 Å². The summed E-state index contributed by atoms with van der Waals surface area (Å²) < 4.78 is 0. The van der Waals surface area contributed by atoms with E-state index in [9.17, 15) is 15.0 Å². The first-order valence-electron chi connectivity index (χ1n) is 11.9. The number of ketones is 1. The minimum atomic E-state index is -0.267. The molecule has 0 aromatic heterocycles. The molecule has 31 heavy (non-hydrogen) atoms. The van der Waals surface area contributed by atoms with Crippen LogP contribution in [0.15, 0.2) is 58.4 Å². The van der Waals surface area contributed by atoms with Crippen LogP contribution in [0.2, 0.25) is 0 Å². The normalized spacial score (nSPS) is 44.4. The zero-order chi connectivity index (χ0) is 22.4. The van der Waals surface area contributed by atoms with Crippen molar-refractivity contribution in [1.82, 2.24) is 0 Å². The summed E-state index contributed by atoms with van der Waals surface area (Å²) in [5.41, 5.74) is 5.49. The standard InChI is InChI=1S/C28H36O3/c1-17-8-9-28(16-29)13-12-26(4)22-7-6-19-18(2)24(31)21(30)15-20(19)25(22,3)10-11-27(26,5)23(28)14-17/h6-7,15,23,29,31H,1,8-14,16H2,2-5H3/t23-,25-,26+,27-,28+/m0/s1. The molecular formula is C28H36O3. The number of allylic oxidation sites excluding steroid dienone is 8. The van der Waals surface area contributed by atoms with Gasteiger partial charge in [0.1, 0.15) is 0 Å². The van der Waals surface area contributed by atoms with Gasteiger partial charge >= 0.3 is 0 Å². The van der Waals surface area contributed by atoms with E-state index in [1.165, 1.54) is 11.1 Å². The zero-order valence-corrected chi connectivity index (χ0v) is 19.5. The minimum Gasteiger partial charge on any atom is -0.504 e. The van der Waals surface area contributed by atoms with Crippen LogP contribution in [0.5, 0.6) is 0 Å². The van der Waals surface area contributed by atoms with Gasteiger partial charge in [0.2, 0.25) is 5.78 Å². The summed E-state index contributed by atoms with van der Waals surface area (Å²) in [4.78, 5) is 12.5. The predicted octanol–water partition coefficient (Wildman–Crippen LogP) is 6.14. The number of hydrogen-bond donors (Lipinski definition) is 2. The van der Waals surface area contributed by atoms with E-state index >= 15 is 0 Å². The van der Waals surface area contributed by atoms with Crippen LogP contribution < -0.4 is 0 Å². The molecule has 0 aliphatic heterocycles. The number of rotatable bonds is 1. The van der Waals surface area contributed by atoms with Gasteiger partial charge in [-0.05, 0) is 91.3 Å². The van der Waals surface area contributed by atoms with Crippen molar-refractivity contribution in [1.29, 1.82) is 0 Å². The molecule has 0 aromatic rings. The van der Waals surface area contributed by atoms with Crippen LogP contribution in [-0.2, 0) is 4.79 Å². The van der Waals surface area contributed by atoms with Crippen molar-refractivity contribution in [2.24, 2.45) is 27.6 Å². The second kappa shape index (κ2) is 6.34. The number of carbonyl (C=O) groups excluding carboxylic acids is 1. The van der Waals surface area contributed by atoms with E-state index in [4.69, 9.17) is 0 Å². The maximum absolute atomic E-state index is 12.5. The SMILES string of the molecule is C=C1CC[C@]2(CO)CC[C@]3(C)C4=CC=C5C(=CC(=O)C(O)=C5C)[C@]4(C)CC[C@@]3(C)[C@@H]2C1. The Morgan fingerprint density at radius 1 is 1.10 bits per heavy atom. The average molecular weight is 421 g/mol. The van der Waals surface area contributed by atoms with Crippen LogP contribution in [0.4, 0.5) is 0 Å². The molecule has 0 radical (unpaired) electrons. The molecule has 2 N–H and O–H groups in total. The fraction of sp³-hybridized carbons (Fsp3) is 0.607. The van der Waals surface area contributed by atoms with Gasteiger partial charge in [-0.15, -0.1) is 0 Å². The van der Waals surface area contributed by atoms with Crippen LogP contribution in [0, 0.1) is 27.6 Å². The average Bonchev–Trinajstić information content (AvgIpc) is 2.74. The van der Waals surface area contributed by atoms with Crippen molar-refractivity contribution in [3.8, 4) is 0 Å². The van der Waals surface area contributed by atoms with Crippen LogP contribution >= 0.6 is 0 Å². The molecule has 0 spiro atoms. The molecule has 3 fully saturated rings. The lowest BCUT2D eigenvalue weighted by Gasteiger charge is -2.69. The number of carbonyl (C=O) groups is 1. The summed E-state index contributed by atoms with van der Waals surface area (Å²) in [7, 11) is 0. The number of fused-ring (bicyclic) bond motifs is 7. The van der Waals surface area contributed by atoms with Gasteiger partial charge in [-0.25, -0.2) is 0 Å². The Morgan fingerprint density at radius 3 is 2.55 bits per heavy atom. The molecule has 166 valence electrons. The third kappa shape index (κ3) is 2.42. The Kier molecular flexibility index (Phi) is 4.30. The highest BCUT2D eigenvalue weighted by molar-refractivity contribution is 6.06. The van der Waals surface area contributed by atoms with Crippen LogP contribution in [-0.4, -0.2) is 22.6 Å². The zero-order valence-electron chi connectivity index (χ0n) is 19.5. The van der Waals surface area contributed by atoms with Crippen molar-refractivity contribution in [2.75, 3.05) is 6.61 Å². The third-order valence-electron chi connectivity index (χ3n) is 10.6. The summed E-state index contributed by atoms with van der Waals surface area (Å²) >= 11 is 0. The lowest BCUT2D eigenvalue weighted by atomic mass is 9.35. The summed E-state index contributed by atoms with van der Waals surface area (Å²) in [5, 5.41) is 20.8. The first kappa shape index (κ1) is 21.0. The van der Waals surface area contributed by atoms with E-state index in [1.807, 2.05) is 6.92 Å². The maximum Gasteiger partial charge on any atom is 0.220 e. The molecule has 3 saturated carbocycles. The highest BCUT2D eigenvalue weighted by atomic mass is 16.3. The minimum absolute atomic E-state index is 0.00395. The van der Waals surface area contributed by atoms with E-state index in [0.29, 0.717) is 11.5 Å². The fourth-order valence-corrected chi connectivity index (χ4v) is 8.27. The molecule has 0 aromatic carbocycles. The van der Waals surface area contributed by atoms with Crippen LogP contribution in [0.1, 0.15) is 72.6 Å². The molecule has 0 heterocycles. The van der Waals surface area contributed by atoms with Gasteiger partial charge in [-0.3, -0.25) is 4.79 Å². The van der Waals surface area contributed by atoms with Crippen molar-refractivity contribution in [3.05, 3.63) is 58.4 Å². The Balaban J connectivity index is 1.66. The van der Waals surface area contributed by atoms with Gasteiger partial charge in [0, 0.05) is 17.6 Å². The molecule has 5 aliphatic rings. The fourth-order valence-electron chi connectivity index (χ4n) is 8.27. The van der Waals surface area contributed by atoms with Gasteiger partial charge in [-0.1, -0.05) is 50.6 Å². The van der Waals surface area contributed by atoms with E-state index in [-0.39, 0.29) is 39.8 Å². The molecule has 0 bridgehead atoms. The molecule has 3 nitrogen and oxygen atoms in total. The van der Waals surface area contributed by atoms with E-state index in [1.54, 1.807) is 6.08 Å². The lowest BCUT2D eigenvalue weighted by molar-refractivity contribution is -0.154. The van der Waals surface area contributed by atoms with Crippen molar-refractivity contribution in [2.45, 2.75) is 72.6 Å². The number of aliphatic hydroxyl groups excluding tert-OH is 2. The summed E-state index contributed by atoms with van der Waals surface area (Å²) in [6.45, 7) is 13.7. The molecule has 0 saturated heterocycles. The highest BCUT2D eigenvalue weighted by Gasteiger charge is 2.66. The van der Waals surface area contributed by atoms with Crippen LogP contribution in [0.25, 0.3) is 0 Å². The number of hydrogen-bond acceptors (Lipinski definition) is 3. The van der Waals surface area contributed by atoms with Gasteiger partial charge in [0.05, 0.1) is 0 Å².